The predicted octanol–water partition coefficient (Wildman–Crippen LogP) is 3.42. The molecule has 1 heterocycles. The van der Waals surface area contributed by atoms with E-state index in [-0.39, 0.29) is 0 Å². The molecule has 17 heavy (non-hydrogen) atoms. The Bertz CT molecular complexity index is 505. The summed E-state index contributed by atoms with van der Waals surface area (Å²) < 4.78 is 1.11. The van der Waals surface area contributed by atoms with Gasteiger partial charge in [-0.05, 0) is 34.1 Å². The number of pyridine rings is 1. The molecule has 0 amide bonds. The first-order valence-electron chi connectivity index (χ1n) is 5.09. The molecule has 1 aromatic heterocycles. The second kappa shape index (κ2) is 6.05. The lowest BCUT2D eigenvalue weighted by Gasteiger charge is -2.07. The minimum absolute atomic E-state index is 0.729. The zero-order valence-corrected chi connectivity index (χ0v) is 11.5. The minimum atomic E-state index is 0.729. The number of nitrogen functional groups attached to an aromatic ring is 1. The fraction of sp³-hybridized carbons (Fsp3) is 0.0833. The number of thioether (sulfide) groups is 1. The van der Waals surface area contributed by atoms with Gasteiger partial charge in [0.15, 0.2) is 0 Å². The first-order chi connectivity index (χ1) is 8.31. The highest BCUT2D eigenvalue weighted by Gasteiger charge is 2.04. The number of hydrazine groups is 1. The van der Waals surface area contributed by atoms with E-state index in [1.54, 1.807) is 18.0 Å². The van der Waals surface area contributed by atoms with Crippen LogP contribution in [0.25, 0.3) is 0 Å². The van der Waals surface area contributed by atoms with Crippen LogP contribution in [0.1, 0.15) is 5.56 Å². The molecule has 0 aliphatic carbocycles. The summed E-state index contributed by atoms with van der Waals surface area (Å²) in [5.41, 5.74) is 3.70. The number of aromatic nitrogens is 1. The van der Waals surface area contributed by atoms with Crippen LogP contribution in [0.15, 0.2) is 52.0 Å². The lowest BCUT2D eigenvalue weighted by molar-refractivity contribution is 1.18. The van der Waals surface area contributed by atoms with Crippen LogP contribution in [0.5, 0.6) is 0 Å². The van der Waals surface area contributed by atoms with Crippen LogP contribution in [-0.4, -0.2) is 4.98 Å². The summed E-state index contributed by atoms with van der Waals surface area (Å²) in [4.78, 5) is 5.38. The van der Waals surface area contributed by atoms with Crippen LogP contribution >= 0.6 is 27.7 Å². The standard InChI is InChI=1S/C12H12BrN3S/c13-10-5-1-2-6-11(10)17-8-9-4-3-7-15-12(9)16-14/h1-7H,8,14H2,(H,15,16). The number of nitrogens with one attached hydrogen (secondary N) is 1. The molecule has 0 aliphatic rings. The molecule has 0 aliphatic heterocycles. The number of nitrogens with zero attached hydrogens (tertiary/aromatic N) is 1. The predicted molar refractivity (Wildman–Crippen MR) is 75.8 cm³/mol. The summed E-state index contributed by atoms with van der Waals surface area (Å²) >= 11 is 5.28. The fourth-order valence-electron chi connectivity index (χ4n) is 1.40. The normalized spacial score (nSPS) is 10.2. The third kappa shape index (κ3) is 3.21. The summed E-state index contributed by atoms with van der Waals surface area (Å²) in [6.45, 7) is 0. The van der Waals surface area contributed by atoms with Crippen molar-refractivity contribution in [2.45, 2.75) is 10.6 Å². The van der Waals surface area contributed by atoms with Crippen molar-refractivity contribution in [3.05, 3.63) is 52.6 Å². The van der Waals surface area contributed by atoms with E-state index in [2.05, 4.69) is 32.4 Å². The Hall–Kier alpha value is -1.04. The number of hydrogen-bond donors (Lipinski definition) is 2. The summed E-state index contributed by atoms with van der Waals surface area (Å²) in [6, 6.07) is 12.1. The van der Waals surface area contributed by atoms with Gasteiger partial charge in [0.2, 0.25) is 0 Å². The second-order valence-electron chi connectivity index (χ2n) is 3.37. The van der Waals surface area contributed by atoms with Crippen LogP contribution in [0.2, 0.25) is 0 Å². The van der Waals surface area contributed by atoms with Crippen LogP contribution in [-0.2, 0) is 5.75 Å². The summed E-state index contributed by atoms with van der Waals surface area (Å²) in [5.74, 6) is 6.98. The van der Waals surface area contributed by atoms with E-state index in [1.165, 1.54) is 4.90 Å². The number of rotatable bonds is 4. The number of benzene rings is 1. The van der Waals surface area contributed by atoms with E-state index in [0.29, 0.717) is 0 Å². The van der Waals surface area contributed by atoms with Crippen LogP contribution in [0, 0.1) is 0 Å². The molecule has 0 atom stereocenters. The smallest absolute Gasteiger partial charge is 0.143 e. The molecule has 88 valence electrons. The van der Waals surface area contributed by atoms with Crippen molar-refractivity contribution in [3.8, 4) is 0 Å². The highest BCUT2D eigenvalue weighted by Crippen LogP contribution is 2.30. The first-order valence-corrected chi connectivity index (χ1v) is 6.87. The molecular formula is C12H12BrN3S. The first kappa shape index (κ1) is 12.4. The number of halogens is 1. The van der Waals surface area contributed by atoms with Gasteiger partial charge in [-0.1, -0.05) is 18.2 Å². The Morgan fingerprint density at radius 1 is 1.24 bits per heavy atom. The van der Waals surface area contributed by atoms with Crippen LogP contribution in [0.3, 0.4) is 0 Å². The molecule has 2 aromatic rings. The summed E-state index contributed by atoms with van der Waals surface area (Å²) in [7, 11) is 0. The van der Waals surface area contributed by atoms with Crippen LogP contribution in [0.4, 0.5) is 5.82 Å². The Morgan fingerprint density at radius 3 is 2.82 bits per heavy atom. The number of anilines is 1. The van der Waals surface area contributed by atoms with Gasteiger partial charge in [0.25, 0.3) is 0 Å². The van der Waals surface area contributed by atoms with E-state index in [0.717, 1.165) is 21.6 Å². The monoisotopic (exact) mass is 309 g/mol. The molecule has 0 saturated heterocycles. The molecule has 0 fully saturated rings. The fourth-order valence-corrected chi connectivity index (χ4v) is 2.96. The average molecular weight is 310 g/mol. The van der Waals surface area contributed by atoms with Gasteiger partial charge >= 0.3 is 0 Å². The number of hydrogen-bond acceptors (Lipinski definition) is 4. The van der Waals surface area contributed by atoms with Crippen molar-refractivity contribution in [3.63, 3.8) is 0 Å². The third-order valence-corrected chi connectivity index (χ3v) is 4.32. The molecule has 0 saturated carbocycles. The molecule has 0 radical (unpaired) electrons. The maximum Gasteiger partial charge on any atom is 0.143 e. The van der Waals surface area contributed by atoms with Crippen molar-refractivity contribution in [1.29, 1.82) is 0 Å². The van der Waals surface area contributed by atoms with E-state index >= 15 is 0 Å². The molecule has 0 bridgehead atoms. The average Bonchev–Trinajstić information content (AvgIpc) is 2.38. The van der Waals surface area contributed by atoms with Gasteiger partial charge in [0.1, 0.15) is 5.82 Å². The van der Waals surface area contributed by atoms with Crippen molar-refractivity contribution in [2.24, 2.45) is 5.84 Å². The topological polar surface area (TPSA) is 50.9 Å². The highest BCUT2D eigenvalue weighted by atomic mass is 79.9. The molecule has 2 rings (SSSR count). The van der Waals surface area contributed by atoms with Crippen molar-refractivity contribution in [2.75, 3.05) is 5.43 Å². The third-order valence-electron chi connectivity index (χ3n) is 2.25. The van der Waals surface area contributed by atoms with Gasteiger partial charge < -0.3 is 5.43 Å². The SMILES string of the molecule is NNc1ncccc1CSc1ccccc1Br. The molecular weight excluding hydrogens is 298 g/mol. The lowest BCUT2D eigenvalue weighted by Crippen LogP contribution is -2.10. The second-order valence-corrected chi connectivity index (χ2v) is 5.25. The van der Waals surface area contributed by atoms with Gasteiger partial charge in [-0.25, -0.2) is 10.8 Å². The maximum atomic E-state index is 5.42. The lowest BCUT2D eigenvalue weighted by atomic mass is 10.3. The van der Waals surface area contributed by atoms with Gasteiger partial charge in [-0.15, -0.1) is 11.8 Å². The van der Waals surface area contributed by atoms with Gasteiger partial charge in [-0.3, -0.25) is 0 Å². The molecule has 5 heteroatoms. The van der Waals surface area contributed by atoms with Crippen LogP contribution < -0.4 is 11.3 Å². The minimum Gasteiger partial charge on any atom is -0.308 e. The van der Waals surface area contributed by atoms with Crippen molar-refractivity contribution < 1.29 is 0 Å². The zero-order valence-electron chi connectivity index (χ0n) is 9.06. The Balaban J connectivity index is 2.10. The zero-order chi connectivity index (χ0) is 12.1. The molecule has 0 unspecified atom stereocenters. The Labute approximate surface area is 113 Å². The van der Waals surface area contributed by atoms with Gasteiger partial charge in [0.05, 0.1) is 0 Å². The molecule has 1 aromatic carbocycles. The Morgan fingerprint density at radius 2 is 2.06 bits per heavy atom. The maximum absolute atomic E-state index is 5.42. The highest BCUT2D eigenvalue weighted by molar-refractivity contribution is 9.10. The van der Waals surface area contributed by atoms with Crippen molar-refractivity contribution >= 4 is 33.5 Å². The van der Waals surface area contributed by atoms with E-state index in [1.807, 2.05) is 30.3 Å². The van der Waals surface area contributed by atoms with Crippen molar-refractivity contribution in [1.82, 2.24) is 4.98 Å². The number of nitrogens with two attached hydrogens (primary N) is 1. The van der Waals surface area contributed by atoms with E-state index in [4.69, 9.17) is 5.84 Å². The summed E-state index contributed by atoms with van der Waals surface area (Å²) in [6.07, 6.45) is 1.72. The Kier molecular flexibility index (Phi) is 4.42. The van der Waals surface area contributed by atoms with E-state index < -0.39 is 0 Å². The van der Waals surface area contributed by atoms with Gasteiger partial charge in [-0.2, -0.15) is 0 Å². The largest absolute Gasteiger partial charge is 0.308 e. The molecule has 3 N–H and O–H groups in total. The quantitative estimate of drug-likeness (QED) is 0.516. The van der Waals surface area contributed by atoms with Gasteiger partial charge in [0, 0.05) is 26.9 Å². The summed E-state index contributed by atoms with van der Waals surface area (Å²) in [5, 5.41) is 0. The molecule has 3 nitrogen and oxygen atoms in total. The molecule has 0 spiro atoms. The van der Waals surface area contributed by atoms with E-state index in [9.17, 15) is 0 Å².